The summed E-state index contributed by atoms with van der Waals surface area (Å²) in [5, 5.41) is 12.2. The van der Waals surface area contributed by atoms with Crippen LogP contribution in [0.25, 0.3) is 0 Å². The summed E-state index contributed by atoms with van der Waals surface area (Å²) in [5.41, 5.74) is 1.56. The molecule has 100 valence electrons. The van der Waals surface area contributed by atoms with Crippen LogP contribution in [0.1, 0.15) is 26.5 Å². The second-order valence-electron chi connectivity index (χ2n) is 4.71. The molecular formula is C13H21N3O2. The largest absolute Gasteiger partial charge is 0.392 e. The van der Waals surface area contributed by atoms with Gasteiger partial charge in [-0.1, -0.05) is 0 Å². The number of rotatable bonds is 4. The molecule has 0 saturated heterocycles. The number of aromatic nitrogens is 1. The quantitative estimate of drug-likeness (QED) is 0.860. The summed E-state index contributed by atoms with van der Waals surface area (Å²) in [6, 6.07) is 3.36. The lowest BCUT2D eigenvalue weighted by Crippen LogP contribution is -2.43. The molecule has 0 spiro atoms. The predicted octanol–water partition coefficient (Wildman–Crippen LogP) is 2.01. The number of anilines is 1. The van der Waals surface area contributed by atoms with E-state index in [9.17, 15) is 9.90 Å². The molecule has 2 N–H and O–H groups in total. The highest BCUT2D eigenvalue weighted by atomic mass is 16.3. The van der Waals surface area contributed by atoms with Gasteiger partial charge in [-0.05, 0) is 39.8 Å². The zero-order chi connectivity index (χ0) is 13.7. The molecule has 1 rings (SSSR count). The Labute approximate surface area is 108 Å². The van der Waals surface area contributed by atoms with Gasteiger partial charge in [0.05, 0.1) is 6.10 Å². The molecule has 0 aliphatic rings. The van der Waals surface area contributed by atoms with Crippen molar-refractivity contribution >= 4 is 11.7 Å². The van der Waals surface area contributed by atoms with Gasteiger partial charge in [0, 0.05) is 30.2 Å². The second-order valence-corrected chi connectivity index (χ2v) is 4.71. The normalized spacial score (nSPS) is 12.3. The number of carbonyl (C=O) groups is 1. The molecule has 1 heterocycles. The lowest BCUT2D eigenvalue weighted by Gasteiger charge is -2.28. The van der Waals surface area contributed by atoms with Gasteiger partial charge in [0.25, 0.3) is 0 Å². The van der Waals surface area contributed by atoms with Gasteiger partial charge in [-0.3, -0.25) is 4.98 Å². The minimum atomic E-state index is -0.544. The van der Waals surface area contributed by atoms with E-state index in [0.717, 1.165) is 5.69 Å². The number of aliphatic hydroxyl groups excluding tert-OH is 1. The summed E-state index contributed by atoms with van der Waals surface area (Å²) >= 11 is 0. The molecular weight excluding hydrogens is 230 g/mol. The van der Waals surface area contributed by atoms with E-state index in [1.165, 1.54) is 0 Å². The van der Waals surface area contributed by atoms with Gasteiger partial charge in [0.2, 0.25) is 0 Å². The van der Waals surface area contributed by atoms with Crippen LogP contribution in [0.4, 0.5) is 10.5 Å². The van der Waals surface area contributed by atoms with Gasteiger partial charge < -0.3 is 15.3 Å². The number of pyridine rings is 1. The number of nitrogens with zero attached hydrogens (tertiary/aromatic N) is 2. The van der Waals surface area contributed by atoms with Crippen LogP contribution in [0.5, 0.6) is 0 Å². The fraction of sp³-hybridized carbons (Fsp3) is 0.538. The Kier molecular flexibility index (Phi) is 5.09. The molecule has 1 unspecified atom stereocenters. The average Bonchev–Trinajstić information content (AvgIpc) is 2.25. The number of urea groups is 1. The molecule has 0 aromatic carbocycles. The highest BCUT2D eigenvalue weighted by molar-refractivity contribution is 5.89. The van der Waals surface area contributed by atoms with Crippen molar-refractivity contribution in [3.05, 3.63) is 24.0 Å². The molecule has 1 atom stereocenters. The Balaban J connectivity index is 2.72. The smallest absolute Gasteiger partial charge is 0.322 e. The maximum Gasteiger partial charge on any atom is 0.322 e. The topological polar surface area (TPSA) is 65.5 Å². The summed E-state index contributed by atoms with van der Waals surface area (Å²) < 4.78 is 0. The number of carbonyl (C=O) groups excluding carboxylic acids is 1. The van der Waals surface area contributed by atoms with E-state index >= 15 is 0 Å². The zero-order valence-corrected chi connectivity index (χ0v) is 11.3. The standard InChI is InChI=1S/C13H21N3O2/c1-9(2)16(8-11(4)17)13(18)15-12-5-6-14-10(3)7-12/h5-7,9,11,17H,8H2,1-4H3,(H,14,15,18). The first-order chi connectivity index (χ1) is 8.40. The van der Waals surface area contributed by atoms with Gasteiger partial charge in [0.15, 0.2) is 0 Å². The van der Waals surface area contributed by atoms with E-state index in [0.29, 0.717) is 12.2 Å². The molecule has 0 aliphatic carbocycles. The Morgan fingerprint density at radius 2 is 2.17 bits per heavy atom. The predicted molar refractivity (Wildman–Crippen MR) is 71.5 cm³/mol. The summed E-state index contributed by atoms with van der Waals surface area (Å²) in [5.74, 6) is 0. The minimum absolute atomic E-state index is 0.0301. The lowest BCUT2D eigenvalue weighted by atomic mass is 10.3. The summed E-state index contributed by atoms with van der Waals surface area (Å²) in [6.07, 6.45) is 1.11. The monoisotopic (exact) mass is 251 g/mol. The number of aryl methyl sites for hydroxylation is 1. The third kappa shape index (κ3) is 4.33. The van der Waals surface area contributed by atoms with E-state index in [4.69, 9.17) is 0 Å². The van der Waals surface area contributed by atoms with Gasteiger partial charge in [-0.15, -0.1) is 0 Å². The molecule has 0 radical (unpaired) electrons. The molecule has 5 nitrogen and oxygen atoms in total. The van der Waals surface area contributed by atoms with Crippen LogP contribution in [-0.4, -0.2) is 39.7 Å². The van der Waals surface area contributed by atoms with Gasteiger partial charge in [-0.25, -0.2) is 4.79 Å². The fourth-order valence-corrected chi connectivity index (χ4v) is 1.63. The summed E-state index contributed by atoms with van der Waals surface area (Å²) in [6.45, 7) is 7.68. The van der Waals surface area contributed by atoms with Crippen molar-refractivity contribution in [2.75, 3.05) is 11.9 Å². The molecule has 0 aliphatic heterocycles. The number of aliphatic hydroxyl groups is 1. The Bertz CT molecular complexity index is 405. The Hall–Kier alpha value is -1.62. The molecule has 5 heteroatoms. The molecule has 0 saturated carbocycles. The first-order valence-electron chi connectivity index (χ1n) is 6.08. The van der Waals surface area contributed by atoms with Gasteiger partial charge >= 0.3 is 6.03 Å². The Morgan fingerprint density at radius 1 is 1.50 bits per heavy atom. The maximum absolute atomic E-state index is 12.1. The third-order valence-electron chi connectivity index (χ3n) is 2.49. The van der Waals surface area contributed by atoms with Crippen molar-refractivity contribution in [2.45, 2.75) is 39.8 Å². The van der Waals surface area contributed by atoms with Crippen molar-refractivity contribution in [1.82, 2.24) is 9.88 Å². The third-order valence-corrected chi connectivity index (χ3v) is 2.49. The number of hydrogen-bond donors (Lipinski definition) is 2. The Morgan fingerprint density at radius 3 is 2.67 bits per heavy atom. The number of amides is 2. The van der Waals surface area contributed by atoms with Crippen LogP contribution in [0.15, 0.2) is 18.3 Å². The number of nitrogens with one attached hydrogen (secondary N) is 1. The molecule has 1 aromatic rings. The molecule has 18 heavy (non-hydrogen) atoms. The van der Waals surface area contributed by atoms with Crippen LogP contribution in [-0.2, 0) is 0 Å². The molecule has 0 bridgehead atoms. The minimum Gasteiger partial charge on any atom is -0.392 e. The van der Waals surface area contributed by atoms with Gasteiger partial charge in [0.1, 0.15) is 0 Å². The lowest BCUT2D eigenvalue weighted by molar-refractivity contribution is 0.125. The van der Waals surface area contributed by atoms with E-state index in [1.54, 1.807) is 30.2 Å². The van der Waals surface area contributed by atoms with E-state index < -0.39 is 6.10 Å². The fourth-order valence-electron chi connectivity index (χ4n) is 1.63. The van der Waals surface area contributed by atoms with Gasteiger partial charge in [-0.2, -0.15) is 0 Å². The van der Waals surface area contributed by atoms with Crippen LogP contribution in [0.2, 0.25) is 0 Å². The van der Waals surface area contributed by atoms with Crippen LogP contribution >= 0.6 is 0 Å². The first kappa shape index (κ1) is 14.4. The van der Waals surface area contributed by atoms with Crippen molar-refractivity contribution in [2.24, 2.45) is 0 Å². The van der Waals surface area contributed by atoms with Crippen molar-refractivity contribution < 1.29 is 9.90 Å². The SMILES string of the molecule is Cc1cc(NC(=O)N(CC(C)O)C(C)C)ccn1. The first-order valence-corrected chi connectivity index (χ1v) is 6.08. The zero-order valence-electron chi connectivity index (χ0n) is 11.3. The molecule has 1 aromatic heterocycles. The average molecular weight is 251 g/mol. The molecule has 2 amide bonds. The second kappa shape index (κ2) is 6.35. The highest BCUT2D eigenvalue weighted by Crippen LogP contribution is 2.10. The van der Waals surface area contributed by atoms with E-state index in [1.807, 2.05) is 20.8 Å². The van der Waals surface area contributed by atoms with Crippen molar-refractivity contribution in [1.29, 1.82) is 0 Å². The van der Waals surface area contributed by atoms with Crippen LogP contribution < -0.4 is 5.32 Å². The van der Waals surface area contributed by atoms with Crippen molar-refractivity contribution in [3.63, 3.8) is 0 Å². The molecule has 0 fully saturated rings. The summed E-state index contributed by atoms with van der Waals surface area (Å²) in [4.78, 5) is 17.8. The maximum atomic E-state index is 12.1. The highest BCUT2D eigenvalue weighted by Gasteiger charge is 2.18. The van der Waals surface area contributed by atoms with E-state index in [2.05, 4.69) is 10.3 Å². The van der Waals surface area contributed by atoms with Crippen LogP contribution in [0, 0.1) is 6.92 Å². The van der Waals surface area contributed by atoms with E-state index in [-0.39, 0.29) is 12.1 Å². The van der Waals surface area contributed by atoms with Crippen molar-refractivity contribution in [3.8, 4) is 0 Å². The van der Waals surface area contributed by atoms with Crippen LogP contribution in [0.3, 0.4) is 0 Å². The summed E-state index contributed by atoms with van der Waals surface area (Å²) in [7, 11) is 0. The number of hydrogen-bond acceptors (Lipinski definition) is 3.